The van der Waals surface area contributed by atoms with E-state index in [4.69, 9.17) is 9.72 Å². The third-order valence-electron chi connectivity index (χ3n) is 3.67. The fourth-order valence-electron chi connectivity index (χ4n) is 2.50. The van der Waals surface area contributed by atoms with Crippen LogP contribution in [0.2, 0.25) is 0 Å². The number of aromatic nitrogens is 2. The molecular weight excluding hydrogens is 290 g/mol. The van der Waals surface area contributed by atoms with Crippen LogP contribution in [0.3, 0.4) is 0 Å². The molecule has 5 heteroatoms. The van der Waals surface area contributed by atoms with Gasteiger partial charge in [-0.05, 0) is 32.4 Å². The summed E-state index contributed by atoms with van der Waals surface area (Å²) < 4.78 is 6.89. The summed E-state index contributed by atoms with van der Waals surface area (Å²) in [7, 11) is 0. The second kappa shape index (κ2) is 6.12. The standard InChI is InChI=1S/C18H19N3O2/c1-4-23-18(22)20-17-15(14-9-7-12(2)8-10-14)19-16-13(3)6-5-11-21(16)17/h5-11H,4H2,1-3H3,(H,20,22). The SMILES string of the molecule is CCOC(=O)Nc1c(-c2ccc(C)cc2)nc2c(C)cccn12. The van der Waals surface area contributed by atoms with Crippen molar-refractivity contribution in [2.75, 3.05) is 11.9 Å². The lowest BCUT2D eigenvalue weighted by molar-refractivity contribution is 0.168. The van der Waals surface area contributed by atoms with E-state index < -0.39 is 6.09 Å². The molecule has 5 nitrogen and oxygen atoms in total. The Hall–Kier alpha value is -2.82. The molecule has 0 saturated heterocycles. The van der Waals surface area contributed by atoms with Crippen molar-refractivity contribution >= 4 is 17.6 Å². The highest BCUT2D eigenvalue weighted by Gasteiger charge is 2.17. The van der Waals surface area contributed by atoms with Crippen LogP contribution < -0.4 is 5.32 Å². The van der Waals surface area contributed by atoms with Gasteiger partial charge in [-0.2, -0.15) is 0 Å². The number of rotatable bonds is 3. The fraction of sp³-hybridized carbons (Fsp3) is 0.222. The molecule has 118 valence electrons. The molecule has 2 heterocycles. The first-order valence-corrected chi connectivity index (χ1v) is 7.58. The third kappa shape index (κ3) is 2.90. The Morgan fingerprint density at radius 2 is 1.96 bits per heavy atom. The zero-order valence-corrected chi connectivity index (χ0v) is 13.5. The molecular formula is C18H19N3O2. The van der Waals surface area contributed by atoms with Crippen LogP contribution in [0.15, 0.2) is 42.6 Å². The zero-order valence-electron chi connectivity index (χ0n) is 13.5. The van der Waals surface area contributed by atoms with Crippen molar-refractivity contribution < 1.29 is 9.53 Å². The number of benzene rings is 1. The number of fused-ring (bicyclic) bond motifs is 1. The summed E-state index contributed by atoms with van der Waals surface area (Å²) in [5.74, 6) is 0.617. The van der Waals surface area contributed by atoms with Crippen LogP contribution in [0.4, 0.5) is 10.6 Å². The first kappa shape index (κ1) is 15.1. The number of aryl methyl sites for hydroxylation is 2. The van der Waals surface area contributed by atoms with Crippen LogP contribution in [-0.2, 0) is 4.74 Å². The van der Waals surface area contributed by atoms with Crippen molar-refractivity contribution in [3.05, 3.63) is 53.7 Å². The maximum Gasteiger partial charge on any atom is 0.412 e. The molecule has 0 atom stereocenters. The molecule has 3 rings (SSSR count). The van der Waals surface area contributed by atoms with Crippen molar-refractivity contribution in [1.29, 1.82) is 0 Å². The smallest absolute Gasteiger partial charge is 0.412 e. The molecule has 0 radical (unpaired) electrons. The third-order valence-corrected chi connectivity index (χ3v) is 3.67. The van der Waals surface area contributed by atoms with Gasteiger partial charge in [-0.25, -0.2) is 9.78 Å². The minimum absolute atomic E-state index is 0.321. The molecule has 3 aromatic rings. The Morgan fingerprint density at radius 1 is 1.22 bits per heavy atom. The molecule has 1 N–H and O–H groups in total. The average molecular weight is 309 g/mol. The number of hydrogen-bond donors (Lipinski definition) is 1. The van der Waals surface area contributed by atoms with Gasteiger partial charge >= 0.3 is 6.09 Å². The van der Waals surface area contributed by atoms with Crippen LogP contribution >= 0.6 is 0 Å². The summed E-state index contributed by atoms with van der Waals surface area (Å²) in [5.41, 5.74) is 4.71. The predicted molar refractivity (Wildman–Crippen MR) is 90.7 cm³/mol. The van der Waals surface area contributed by atoms with Crippen molar-refractivity contribution in [3.63, 3.8) is 0 Å². The summed E-state index contributed by atoms with van der Waals surface area (Å²) in [6.07, 6.45) is 1.40. The van der Waals surface area contributed by atoms with Gasteiger partial charge in [-0.3, -0.25) is 9.72 Å². The normalized spacial score (nSPS) is 10.7. The van der Waals surface area contributed by atoms with E-state index in [0.717, 1.165) is 22.5 Å². The lowest BCUT2D eigenvalue weighted by atomic mass is 10.1. The summed E-state index contributed by atoms with van der Waals surface area (Å²) in [6.45, 7) is 6.13. The van der Waals surface area contributed by atoms with Gasteiger partial charge in [-0.1, -0.05) is 35.9 Å². The van der Waals surface area contributed by atoms with Crippen LogP contribution in [-0.4, -0.2) is 22.1 Å². The number of ether oxygens (including phenoxy) is 1. The molecule has 0 unspecified atom stereocenters. The van der Waals surface area contributed by atoms with Crippen molar-refractivity contribution in [2.45, 2.75) is 20.8 Å². The largest absolute Gasteiger partial charge is 0.450 e. The maximum absolute atomic E-state index is 11.9. The second-order valence-electron chi connectivity index (χ2n) is 5.41. The van der Waals surface area contributed by atoms with E-state index in [1.165, 1.54) is 5.56 Å². The van der Waals surface area contributed by atoms with Gasteiger partial charge in [0.1, 0.15) is 17.2 Å². The minimum atomic E-state index is -0.482. The van der Waals surface area contributed by atoms with Gasteiger partial charge in [-0.15, -0.1) is 0 Å². The second-order valence-corrected chi connectivity index (χ2v) is 5.41. The molecule has 0 aliphatic rings. The van der Waals surface area contributed by atoms with E-state index in [-0.39, 0.29) is 0 Å². The number of pyridine rings is 1. The van der Waals surface area contributed by atoms with E-state index in [1.807, 2.05) is 60.8 Å². The van der Waals surface area contributed by atoms with Gasteiger partial charge in [0.05, 0.1) is 6.61 Å². The van der Waals surface area contributed by atoms with Crippen molar-refractivity contribution in [1.82, 2.24) is 9.38 Å². The summed E-state index contributed by atoms with van der Waals surface area (Å²) in [6, 6.07) is 12.0. The van der Waals surface area contributed by atoms with Gasteiger partial charge < -0.3 is 4.74 Å². The number of carbonyl (C=O) groups is 1. The van der Waals surface area contributed by atoms with E-state index in [1.54, 1.807) is 6.92 Å². The number of hydrogen-bond acceptors (Lipinski definition) is 3. The van der Waals surface area contributed by atoms with Crippen LogP contribution in [0, 0.1) is 13.8 Å². The predicted octanol–water partition coefficient (Wildman–Crippen LogP) is 4.19. The van der Waals surface area contributed by atoms with E-state index >= 15 is 0 Å². The number of nitrogens with zero attached hydrogens (tertiary/aromatic N) is 2. The molecule has 0 bridgehead atoms. The summed E-state index contributed by atoms with van der Waals surface area (Å²) in [4.78, 5) is 16.6. The van der Waals surface area contributed by atoms with E-state index in [0.29, 0.717) is 12.4 Å². The van der Waals surface area contributed by atoms with Gasteiger partial charge in [0, 0.05) is 11.8 Å². The Bertz CT molecular complexity index is 851. The highest BCUT2D eigenvalue weighted by Crippen LogP contribution is 2.30. The molecule has 0 aliphatic carbocycles. The Kier molecular flexibility index (Phi) is 4.02. The Morgan fingerprint density at radius 3 is 2.65 bits per heavy atom. The highest BCUT2D eigenvalue weighted by atomic mass is 16.5. The number of amides is 1. The van der Waals surface area contributed by atoms with Crippen LogP contribution in [0.25, 0.3) is 16.9 Å². The van der Waals surface area contributed by atoms with Crippen LogP contribution in [0.1, 0.15) is 18.1 Å². The van der Waals surface area contributed by atoms with Gasteiger partial charge in [0.15, 0.2) is 0 Å². The average Bonchev–Trinajstić information content (AvgIpc) is 2.89. The number of carbonyl (C=O) groups excluding carboxylic acids is 1. The lowest BCUT2D eigenvalue weighted by Gasteiger charge is -2.08. The van der Waals surface area contributed by atoms with E-state index in [9.17, 15) is 4.79 Å². The highest BCUT2D eigenvalue weighted by molar-refractivity contribution is 5.90. The molecule has 0 fully saturated rings. The maximum atomic E-state index is 11.9. The molecule has 0 aliphatic heterocycles. The first-order chi connectivity index (χ1) is 11.1. The monoisotopic (exact) mass is 309 g/mol. The van der Waals surface area contributed by atoms with Crippen molar-refractivity contribution in [3.8, 4) is 11.3 Å². The fourth-order valence-corrected chi connectivity index (χ4v) is 2.50. The zero-order chi connectivity index (χ0) is 16.4. The molecule has 2 aromatic heterocycles. The topological polar surface area (TPSA) is 55.6 Å². The number of nitrogens with one attached hydrogen (secondary N) is 1. The molecule has 23 heavy (non-hydrogen) atoms. The summed E-state index contributed by atoms with van der Waals surface area (Å²) >= 11 is 0. The summed E-state index contributed by atoms with van der Waals surface area (Å²) in [5, 5.41) is 2.81. The number of imidazole rings is 1. The van der Waals surface area contributed by atoms with E-state index in [2.05, 4.69) is 5.32 Å². The molecule has 1 aromatic carbocycles. The molecule has 0 saturated carbocycles. The minimum Gasteiger partial charge on any atom is -0.450 e. The quantitative estimate of drug-likeness (QED) is 0.789. The lowest BCUT2D eigenvalue weighted by Crippen LogP contribution is -2.15. The van der Waals surface area contributed by atoms with Crippen LogP contribution in [0.5, 0.6) is 0 Å². The molecule has 1 amide bonds. The first-order valence-electron chi connectivity index (χ1n) is 7.58. The van der Waals surface area contributed by atoms with Crippen molar-refractivity contribution in [2.24, 2.45) is 0 Å². The number of anilines is 1. The van der Waals surface area contributed by atoms with Gasteiger partial charge in [0.25, 0.3) is 0 Å². The Balaban J connectivity index is 2.17. The Labute approximate surface area is 134 Å². The van der Waals surface area contributed by atoms with Gasteiger partial charge in [0.2, 0.25) is 0 Å². The molecule has 0 spiro atoms.